The van der Waals surface area contributed by atoms with Crippen LogP contribution in [0.5, 0.6) is 0 Å². The van der Waals surface area contributed by atoms with Gasteiger partial charge in [0.25, 0.3) is 0 Å². The summed E-state index contributed by atoms with van der Waals surface area (Å²) in [6.45, 7) is 4.42. The summed E-state index contributed by atoms with van der Waals surface area (Å²) in [5.41, 5.74) is 0. The Morgan fingerprint density at radius 3 is 1.48 bits per heavy atom. The Hall–Kier alpha value is -1.84. The van der Waals surface area contributed by atoms with Crippen molar-refractivity contribution in [1.29, 1.82) is 0 Å². The SMILES string of the molecule is CC/C=C\C/C=C\C/C=C\CCCCCCCC(=O)OC(CCCCCCC)CCCCCCCCCCCCCC(=O)O. The molecule has 0 fully saturated rings. The number of carbonyl (C=O) groups excluding carboxylic acids is 1. The quantitative estimate of drug-likeness (QED) is 0.0444. The van der Waals surface area contributed by atoms with Crippen LogP contribution in [0, 0.1) is 0 Å². The summed E-state index contributed by atoms with van der Waals surface area (Å²) < 4.78 is 6.00. The second kappa shape index (κ2) is 35.6. The average molecular weight is 617 g/mol. The number of unbranched alkanes of at least 4 members (excludes halogenated alkanes) is 19. The van der Waals surface area contributed by atoms with E-state index in [1.165, 1.54) is 103 Å². The van der Waals surface area contributed by atoms with Crippen LogP contribution in [0.1, 0.15) is 200 Å². The van der Waals surface area contributed by atoms with Crippen molar-refractivity contribution in [2.45, 2.75) is 206 Å². The van der Waals surface area contributed by atoms with Gasteiger partial charge in [-0.3, -0.25) is 9.59 Å². The number of hydrogen-bond acceptors (Lipinski definition) is 3. The van der Waals surface area contributed by atoms with Crippen LogP contribution in [-0.2, 0) is 14.3 Å². The molecule has 44 heavy (non-hydrogen) atoms. The van der Waals surface area contributed by atoms with E-state index in [-0.39, 0.29) is 12.1 Å². The van der Waals surface area contributed by atoms with Gasteiger partial charge in [-0.1, -0.05) is 153 Å². The van der Waals surface area contributed by atoms with Gasteiger partial charge in [-0.05, 0) is 70.6 Å². The molecule has 0 radical (unpaired) electrons. The molecular formula is C40H72O4. The normalized spacial score (nSPS) is 12.6. The smallest absolute Gasteiger partial charge is 0.306 e. The molecule has 1 atom stereocenters. The van der Waals surface area contributed by atoms with Crippen LogP contribution in [0.2, 0.25) is 0 Å². The molecule has 0 spiro atoms. The third kappa shape index (κ3) is 34.6. The maximum absolute atomic E-state index is 12.6. The molecule has 0 heterocycles. The molecule has 0 saturated carbocycles. The molecule has 0 aliphatic carbocycles. The van der Waals surface area contributed by atoms with E-state index in [2.05, 4.69) is 50.3 Å². The maximum Gasteiger partial charge on any atom is 0.306 e. The van der Waals surface area contributed by atoms with E-state index in [4.69, 9.17) is 9.84 Å². The molecule has 0 aliphatic heterocycles. The second-order valence-electron chi connectivity index (χ2n) is 12.7. The lowest BCUT2D eigenvalue weighted by Crippen LogP contribution is -2.18. The fourth-order valence-corrected chi connectivity index (χ4v) is 5.61. The number of esters is 1. The van der Waals surface area contributed by atoms with Crippen LogP contribution >= 0.6 is 0 Å². The van der Waals surface area contributed by atoms with E-state index in [9.17, 15) is 9.59 Å². The summed E-state index contributed by atoms with van der Waals surface area (Å²) in [6, 6.07) is 0. The number of carboxylic acids is 1. The van der Waals surface area contributed by atoms with Gasteiger partial charge in [-0.15, -0.1) is 0 Å². The largest absolute Gasteiger partial charge is 0.481 e. The van der Waals surface area contributed by atoms with Crippen molar-refractivity contribution in [3.8, 4) is 0 Å². The van der Waals surface area contributed by atoms with Gasteiger partial charge >= 0.3 is 11.9 Å². The Bertz CT molecular complexity index is 708. The number of hydrogen-bond donors (Lipinski definition) is 1. The molecule has 0 aliphatic rings. The Morgan fingerprint density at radius 2 is 0.955 bits per heavy atom. The first-order chi connectivity index (χ1) is 21.6. The number of allylic oxidation sites excluding steroid dienone is 6. The van der Waals surface area contributed by atoms with E-state index in [1.54, 1.807) is 0 Å². The van der Waals surface area contributed by atoms with Crippen molar-refractivity contribution >= 4 is 11.9 Å². The Balaban J connectivity index is 3.92. The van der Waals surface area contributed by atoms with Gasteiger partial charge in [0.05, 0.1) is 0 Å². The average Bonchev–Trinajstić information content (AvgIpc) is 3.00. The van der Waals surface area contributed by atoms with E-state index < -0.39 is 5.97 Å². The van der Waals surface area contributed by atoms with Crippen LogP contribution < -0.4 is 0 Å². The van der Waals surface area contributed by atoms with Gasteiger partial charge in [0.15, 0.2) is 0 Å². The molecule has 4 heteroatoms. The Morgan fingerprint density at radius 1 is 0.523 bits per heavy atom. The lowest BCUT2D eigenvalue weighted by atomic mass is 10.0. The number of carboxylic acid groups (broad SMARTS) is 1. The molecule has 0 bridgehead atoms. The number of ether oxygens (including phenoxy) is 1. The third-order valence-electron chi connectivity index (χ3n) is 8.38. The Labute approximate surface area is 273 Å². The summed E-state index contributed by atoms with van der Waals surface area (Å²) in [5, 5.41) is 8.69. The van der Waals surface area contributed by atoms with Crippen molar-refractivity contribution in [2.24, 2.45) is 0 Å². The lowest BCUT2D eigenvalue weighted by Gasteiger charge is -2.18. The van der Waals surface area contributed by atoms with Gasteiger partial charge in [-0.2, -0.15) is 0 Å². The highest BCUT2D eigenvalue weighted by Crippen LogP contribution is 2.19. The van der Waals surface area contributed by atoms with Crippen molar-refractivity contribution in [3.63, 3.8) is 0 Å². The zero-order chi connectivity index (χ0) is 32.2. The van der Waals surface area contributed by atoms with Gasteiger partial charge < -0.3 is 9.84 Å². The van der Waals surface area contributed by atoms with Gasteiger partial charge in [0.2, 0.25) is 0 Å². The van der Waals surface area contributed by atoms with E-state index in [0.29, 0.717) is 12.8 Å². The Kier molecular flexibility index (Phi) is 34.1. The summed E-state index contributed by atoms with van der Waals surface area (Å²) in [5.74, 6) is -0.652. The van der Waals surface area contributed by atoms with E-state index in [0.717, 1.165) is 70.6 Å². The standard InChI is InChI=1S/C40H72O4/c1-3-5-7-9-10-11-12-13-14-15-19-22-25-29-33-37-40(43)44-38(34-30-26-8-6-4-2)35-31-27-23-20-17-16-18-21-24-28-32-36-39(41)42/h5,7,10-11,13-14,38H,3-4,6,8-9,12,15-37H2,1-2H3,(H,41,42)/b7-5-,11-10-,14-13-. The minimum absolute atomic E-state index is 0.0210. The third-order valence-corrected chi connectivity index (χ3v) is 8.38. The fourth-order valence-electron chi connectivity index (χ4n) is 5.61. The molecule has 0 saturated heterocycles. The molecule has 1 N–H and O–H groups in total. The van der Waals surface area contributed by atoms with Crippen molar-refractivity contribution in [2.75, 3.05) is 0 Å². The first-order valence-electron chi connectivity index (χ1n) is 19.0. The van der Waals surface area contributed by atoms with Crippen molar-refractivity contribution in [1.82, 2.24) is 0 Å². The molecule has 4 nitrogen and oxygen atoms in total. The van der Waals surface area contributed by atoms with E-state index >= 15 is 0 Å². The van der Waals surface area contributed by atoms with Gasteiger partial charge in [0.1, 0.15) is 6.10 Å². The molecule has 0 aromatic heterocycles. The summed E-state index contributed by atoms with van der Waals surface area (Å²) in [7, 11) is 0. The van der Waals surface area contributed by atoms with Crippen LogP contribution in [0.4, 0.5) is 0 Å². The van der Waals surface area contributed by atoms with Crippen LogP contribution in [-0.4, -0.2) is 23.1 Å². The monoisotopic (exact) mass is 617 g/mol. The van der Waals surface area contributed by atoms with Gasteiger partial charge in [0, 0.05) is 12.8 Å². The zero-order valence-electron chi connectivity index (χ0n) is 29.2. The molecule has 0 rings (SSSR count). The zero-order valence-corrected chi connectivity index (χ0v) is 29.2. The summed E-state index contributed by atoms with van der Waals surface area (Å²) in [6.07, 6.45) is 46.1. The minimum atomic E-state index is -0.673. The fraction of sp³-hybridized carbons (Fsp3) is 0.800. The van der Waals surface area contributed by atoms with Crippen molar-refractivity contribution < 1.29 is 19.4 Å². The topological polar surface area (TPSA) is 63.6 Å². The first kappa shape index (κ1) is 42.2. The second-order valence-corrected chi connectivity index (χ2v) is 12.7. The molecule has 1 unspecified atom stereocenters. The molecule has 0 amide bonds. The number of carbonyl (C=O) groups is 2. The van der Waals surface area contributed by atoms with Crippen LogP contribution in [0.25, 0.3) is 0 Å². The molecule has 0 aromatic carbocycles. The van der Waals surface area contributed by atoms with E-state index in [1.807, 2.05) is 0 Å². The molecular weight excluding hydrogens is 544 g/mol. The summed E-state index contributed by atoms with van der Waals surface area (Å²) >= 11 is 0. The minimum Gasteiger partial charge on any atom is -0.481 e. The highest BCUT2D eigenvalue weighted by Gasteiger charge is 2.14. The van der Waals surface area contributed by atoms with Crippen LogP contribution in [0.15, 0.2) is 36.5 Å². The molecule has 256 valence electrons. The summed E-state index contributed by atoms with van der Waals surface area (Å²) in [4.78, 5) is 23.2. The maximum atomic E-state index is 12.6. The number of aliphatic carboxylic acids is 1. The first-order valence-corrected chi connectivity index (χ1v) is 19.0. The molecule has 0 aromatic rings. The lowest BCUT2D eigenvalue weighted by molar-refractivity contribution is -0.150. The predicted octanol–water partition coefficient (Wildman–Crippen LogP) is 13.0. The highest BCUT2D eigenvalue weighted by molar-refractivity contribution is 5.69. The predicted molar refractivity (Wildman–Crippen MR) is 190 cm³/mol. The van der Waals surface area contributed by atoms with Crippen LogP contribution in [0.3, 0.4) is 0 Å². The number of rotatable bonds is 34. The highest BCUT2D eigenvalue weighted by atomic mass is 16.5. The van der Waals surface area contributed by atoms with Gasteiger partial charge in [-0.25, -0.2) is 0 Å². The van der Waals surface area contributed by atoms with Crippen molar-refractivity contribution in [3.05, 3.63) is 36.5 Å².